The Labute approximate surface area is 239 Å². The number of rotatable bonds is 9. The summed E-state index contributed by atoms with van der Waals surface area (Å²) in [6.45, 7) is 5.01. The van der Waals surface area contributed by atoms with Crippen LogP contribution in [0, 0.1) is 0 Å². The van der Waals surface area contributed by atoms with E-state index in [-0.39, 0.29) is 19.0 Å². The molecule has 0 spiro atoms. The average Bonchev–Trinajstić information content (AvgIpc) is 3.33. The first-order chi connectivity index (χ1) is 19.5. The highest BCUT2D eigenvalue weighted by Gasteiger charge is 2.25. The molecule has 40 heavy (non-hydrogen) atoms. The zero-order valence-electron chi connectivity index (χ0n) is 23.6. The molecule has 2 aliphatic heterocycles. The van der Waals surface area contributed by atoms with Gasteiger partial charge in [-0.05, 0) is 80.1 Å². The molecule has 2 aromatic carbocycles. The van der Waals surface area contributed by atoms with E-state index in [1.54, 1.807) is 7.05 Å². The van der Waals surface area contributed by atoms with Gasteiger partial charge in [-0.1, -0.05) is 24.6 Å². The summed E-state index contributed by atoms with van der Waals surface area (Å²) in [5.74, 6) is 1.03. The highest BCUT2D eigenvalue weighted by Crippen LogP contribution is 2.33. The van der Waals surface area contributed by atoms with Crippen LogP contribution in [0.1, 0.15) is 55.6 Å². The lowest BCUT2D eigenvalue weighted by Gasteiger charge is -2.32. The topological polar surface area (TPSA) is 90.8 Å². The lowest BCUT2D eigenvalue weighted by atomic mass is 9.89. The largest absolute Gasteiger partial charge is 0.341 e. The van der Waals surface area contributed by atoms with Gasteiger partial charge in [0.05, 0.1) is 10.4 Å². The van der Waals surface area contributed by atoms with Crippen LogP contribution in [0.2, 0.25) is 0 Å². The Balaban J connectivity index is 1.23. The number of hydrogen-bond donors (Lipinski definition) is 1. The predicted molar refractivity (Wildman–Crippen MR) is 159 cm³/mol. The molecule has 10 heteroatoms. The van der Waals surface area contributed by atoms with Crippen LogP contribution in [0.3, 0.4) is 0 Å². The number of aromatic nitrogens is 2. The molecule has 0 aliphatic carbocycles. The normalized spacial score (nSPS) is 18.1. The highest BCUT2D eigenvalue weighted by molar-refractivity contribution is 7.82. The first-order valence-electron chi connectivity index (χ1n) is 14.4. The van der Waals surface area contributed by atoms with Crippen LogP contribution in [0.5, 0.6) is 0 Å². The summed E-state index contributed by atoms with van der Waals surface area (Å²) in [5.41, 5.74) is 3.49. The van der Waals surface area contributed by atoms with Crippen LogP contribution in [-0.2, 0) is 29.4 Å². The van der Waals surface area contributed by atoms with Gasteiger partial charge in [0.1, 0.15) is 17.3 Å². The average molecular weight is 565 g/mol. The molecule has 3 heterocycles. The van der Waals surface area contributed by atoms with E-state index in [4.69, 9.17) is 0 Å². The monoisotopic (exact) mass is 564 g/mol. The molecule has 2 fully saturated rings. The SMILES string of the molecule is CNC(=O)N(CCC=O)c1nn(C)c2cc(C3CCN(Cc4cccc(S(=O)N5CCCCC5)c4)CC3)ccc12. The van der Waals surface area contributed by atoms with Gasteiger partial charge >= 0.3 is 6.03 Å². The molecule has 1 N–H and O–H groups in total. The Bertz CT molecular complexity index is 1360. The second-order valence-electron chi connectivity index (χ2n) is 10.8. The van der Waals surface area contributed by atoms with Crippen molar-refractivity contribution >= 4 is 40.0 Å². The van der Waals surface area contributed by atoms with Crippen LogP contribution >= 0.6 is 0 Å². The Morgan fingerprint density at radius 1 is 1.10 bits per heavy atom. The van der Waals surface area contributed by atoms with Gasteiger partial charge in [-0.25, -0.2) is 13.3 Å². The number of fused-ring (bicyclic) bond motifs is 1. The molecule has 1 atom stereocenters. The third-order valence-corrected chi connectivity index (χ3v) is 9.65. The zero-order valence-corrected chi connectivity index (χ0v) is 24.4. The fourth-order valence-corrected chi connectivity index (χ4v) is 7.28. The van der Waals surface area contributed by atoms with Gasteiger partial charge in [0, 0.05) is 52.1 Å². The molecule has 1 unspecified atom stereocenters. The number of carbonyl (C=O) groups excluding carboxylic acids is 2. The van der Waals surface area contributed by atoms with E-state index in [2.05, 4.69) is 50.0 Å². The number of likely N-dealkylation sites (tertiary alicyclic amines) is 1. The molecule has 2 amide bonds. The number of hydrogen-bond acceptors (Lipinski definition) is 5. The molecule has 0 bridgehead atoms. The molecule has 3 aromatic rings. The summed E-state index contributed by atoms with van der Waals surface area (Å²) >= 11 is 0. The minimum absolute atomic E-state index is 0.253. The van der Waals surface area contributed by atoms with Crippen molar-refractivity contribution in [3.8, 4) is 0 Å². The number of nitrogens with one attached hydrogen (secondary N) is 1. The minimum atomic E-state index is -1.07. The Kier molecular flexibility index (Phi) is 9.29. The van der Waals surface area contributed by atoms with Crippen molar-refractivity contribution in [1.29, 1.82) is 0 Å². The minimum Gasteiger partial charge on any atom is -0.341 e. The molecule has 1 aromatic heterocycles. The van der Waals surface area contributed by atoms with Crippen molar-refractivity contribution < 1.29 is 13.8 Å². The zero-order chi connectivity index (χ0) is 28.1. The van der Waals surface area contributed by atoms with Crippen molar-refractivity contribution in [2.24, 2.45) is 7.05 Å². The maximum absolute atomic E-state index is 13.1. The van der Waals surface area contributed by atoms with E-state index in [1.165, 1.54) is 22.4 Å². The third-order valence-electron chi connectivity index (χ3n) is 8.16. The Morgan fingerprint density at radius 3 is 2.60 bits per heavy atom. The molecule has 0 radical (unpaired) electrons. The van der Waals surface area contributed by atoms with Crippen LogP contribution in [0.25, 0.3) is 10.9 Å². The first kappa shape index (κ1) is 28.4. The second-order valence-corrected chi connectivity index (χ2v) is 12.3. The molecular formula is C30H40N6O3S. The van der Waals surface area contributed by atoms with Crippen molar-refractivity contribution in [1.82, 2.24) is 24.3 Å². The van der Waals surface area contributed by atoms with E-state index >= 15 is 0 Å². The first-order valence-corrected chi connectivity index (χ1v) is 15.5. The van der Waals surface area contributed by atoms with E-state index in [1.807, 2.05) is 23.9 Å². The highest BCUT2D eigenvalue weighted by atomic mass is 32.2. The van der Waals surface area contributed by atoms with E-state index in [9.17, 15) is 13.8 Å². The smallest absolute Gasteiger partial charge is 0.322 e. The number of anilines is 1. The van der Waals surface area contributed by atoms with Crippen LogP contribution in [0.15, 0.2) is 47.4 Å². The van der Waals surface area contributed by atoms with Gasteiger partial charge in [-0.2, -0.15) is 5.10 Å². The van der Waals surface area contributed by atoms with Crippen LogP contribution in [-0.4, -0.2) is 75.3 Å². The summed E-state index contributed by atoms with van der Waals surface area (Å²) in [7, 11) is 2.41. The number of urea groups is 1. The van der Waals surface area contributed by atoms with Gasteiger partial charge in [0.25, 0.3) is 0 Å². The molecule has 5 rings (SSSR count). The number of piperidine rings is 2. The maximum Gasteiger partial charge on any atom is 0.322 e. The van der Waals surface area contributed by atoms with Crippen LogP contribution < -0.4 is 10.2 Å². The molecule has 2 aliphatic rings. The number of aldehydes is 1. The number of nitrogens with zero attached hydrogens (tertiary/aromatic N) is 5. The van der Waals surface area contributed by atoms with E-state index in [0.29, 0.717) is 11.7 Å². The summed E-state index contributed by atoms with van der Waals surface area (Å²) < 4.78 is 17.0. The quantitative estimate of drug-likeness (QED) is 0.394. The maximum atomic E-state index is 13.1. The lowest BCUT2D eigenvalue weighted by Crippen LogP contribution is -2.39. The van der Waals surface area contributed by atoms with E-state index < -0.39 is 11.0 Å². The molecule has 2 saturated heterocycles. The number of amides is 2. The van der Waals surface area contributed by atoms with Crippen molar-refractivity contribution in [3.63, 3.8) is 0 Å². The van der Waals surface area contributed by atoms with Gasteiger partial charge in [0.2, 0.25) is 0 Å². The number of benzene rings is 2. The number of aryl methyl sites for hydroxylation is 1. The van der Waals surface area contributed by atoms with Gasteiger partial charge < -0.3 is 10.1 Å². The molecule has 214 valence electrons. The van der Waals surface area contributed by atoms with Crippen molar-refractivity contribution in [3.05, 3.63) is 53.6 Å². The molecular weight excluding hydrogens is 524 g/mol. The Hall–Kier alpha value is -3.08. The molecule has 9 nitrogen and oxygen atoms in total. The van der Waals surface area contributed by atoms with Crippen molar-refractivity contribution in [2.75, 3.05) is 44.7 Å². The summed E-state index contributed by atoms with van der Waals surface area (Å²) in [5, 5.41) is 8.20. The van der Waals surface area contributed by atoms with Gasteiger partial charge in [-0.3, -0.25) is 14.5 Å². The third kappa shape index (κ3) is 6.29. The Morgan fingerprint density at radius 2 is 1.88 bits per heavy atom. The van der Waals surface area contributed by atoms with Gasteiger partial charge in [-0.15, -0.1) is 0 Å². The lowest BCUT2D eigenvalue weighted by molar-refractivity contribution is -0.107. The van der Waals surface area contributed by atoms with Gasteiger partial charge in [0.15, 0.2) is 5.82 Å². The van der Waals surface area contributed by atoms with Crippen LogP contribution in [0.4, 0.5) is 10.6 Å². The summed E-state index contributed by atoms with van der Waals surface area (Å²) in [6.07, 6.45) is 6.70. The number of carbonyl (C=O) groups is 2. The van der Waals surface area contributed by atoms with Crippen molar-refractivity contribution in [2.45, 2.75) is 55.9 Å². The fraction of sp³-hybridized carbons (Fsp3) is 0.500. The van der Waals surface area contributed by atoms with E-state index in [0.717, 1.165) is 80.5 Å². The molecule has 0 saturated carbocycles. The predicted octanol–water partition coefficient (Wildman–Crippen LogP) is 4.20. The standard InChI is InChI=1S/C30H40N6O3S/c1-31-30(38)36(16-7-19-37)29-27-11-10-25(21-28(27)33(2)32-29)24-12-17-34(18-13-24)22-23-8-6-9-26(20-23)40(39)35-14-4-3-5-15-35/h6,8-11,19-21,24H,3-5,7,12-18,22H2,1-2H3,(H,31,38). The fourth-order valence-electron chi connectivity index (χ4n) is 5.94. The second kappa shape index (κ2) is 13.1. The summed E-state index contributed by atoms with van der Waals surface area (Å²) in [6, 6.07) is 14.5. The summed E-state index contributed by atoms with van der Waals surface area (Å²) in [4.78, 5) is 28.4.